The van der Waals surface area contributed by atoms with E-state index in [9.17, 15) is 4.79 Å². The summed E-state index contributed by atoms with van der Waals surface area (Å²) in [6.45, 7) is 6.42. The van der Waals surface area contributed by atoms with Gasteiger partial charge in [0.2, 0.25) is 5.56 Å². The largest absolute Gasteiger partial charge is 0.494 e. The molecule has 0 bridgehead atoms. The fourth-order valence-electron chi connectivity index (χ4n) is 3.59. The molecule has 0 aliphatic carbocycles. The van der Waals surface area contributed by atoms with Crippen LogP contribution < -0.4 is 15.6 Å². The van der Waals surface area contributed by atoms with E-state index in [0.29, 0.717) is 19.5 Å². The van der Waals surface area contributed by atoms with Crippen molar-refractivity contribution < 1.29 is 14.2 Å². The van der Waals surface area contributed by atoms with Crippen molar-refractivity contribution >= 4 is 10.9 Å². The molecular formula is C22H33N3O4. The lowest BCUT2D eigenvalue weighted by molar-refractivity contribution is -0.0884. The van der Waals surface area contributed by atoms with Gasteiger partial charge in [-0.3, -0.25) is 4.79 Å². The summed E-state index contributed by atoms with van der Waals surface area (Å²) < 4.78 is 16.4. The zero-order valence-corrected chi connectivity index (χ0v) is 17.3. The molecule has 1 aromatic carbocycles. The first-order valence-corrected chi connectivity index (χ1v) is 10.5. The van der Waals surface area contributed by atoms with Crippen molar-refractivity contribution in [3.05, 3.63) is 40.7 Å². The molecule has 1 aromatic heterocycles. The molecule has 0 amide bonds. The molecule has 0 atom stereocenters. The van der Waals surface area contributed by atoms with Crippen LogP contribution in [0.1, 0.15) is 25.7 Å². The first-order valence-electron chi connectivity index (χ1n) is 10.5. The normalized spacial score (nSPS) is 15.8. The summed E-state index contributed by atoms with van der Waals surface area (Å²) >= 11 is 0. The average molecular weight is 404 g/mol. The highest BCUT2D eigenvalue weighted by atomic mass is 16.7. The average Bonchev–Trinajstić information content (AvgIpc) is 2.75. The van der Waals surface area contributed by atoms with Gasteiger partial charge in [-0.05, 0) is 56.5 Å². The molecule has 0 spiro atoms. The minimum atomic E-state index is -0.0840. The van der Waals surface area contributed by atoms with E-state index >= 15 is 0 Å². The molecule has 0 radical (unpaired) electrons. The fourth-order valence-corrected chi connectivity index (χ4v) is 3.59. The zero-order chi connectivity index (χ0) is 20.3. The first-order chi connectivity index (χ1) is 14.2. The minimum Gasteiger partial charge on any atom is -0.494 e. The van der Waals surface area contributed by atoms with Crippen LogP contribution in [0.4, 0.5) is 0 Å². The summed E-state index contributed by atoms with van der Waals surface area (Å²) in [6, 6.07) is 9.11. The number of hydrogen-bond acceptors (Lipinski definition) is 6. The molecule has 160 valence electrons. The lowest BCUT2D eigenvalue weighted by Gasteiger charge is -2.31. The van der Waals surface area contributed by atoms with Crippen LogP contribution in [0.25, 0.3) is 10.9 Å². The van der Waals surface area contributed by atoms with Gasteiger partial charge < -0.3 is 29.4 Å². The van der Waals surface area contributed by atoms with Gasteiger partial charge in [-0.25, -0.2) is 0 Å². The van der Waals surface area contributed by atoms with Crippen LogP contribution in [0.2, 0.25) is 0 Å². The number of piperidine rings is 1. The predicted molar refractivity (Wildman–Crippen MR) is 115 cm³/mol. The van der Waals surface area contributed by atoms with Crippen molar-refractivity contribution in [1.82, 2.24) is 15.2 Å². The number of hydrogen-bond donors (Lipinski definition) is 2. The van der Waals surface area contributed by atoms with Crippen molar-refractivity contribution in [3.8, 4) is 5.75 Å². The molecule has 3 rings (SSSR count). The number of aromatic nitrogens is 1. The summed E-state index contributed by atoms with van der Waals surface area (Å²) in [5, 5.41) is 4.51. The van der Waals surface area contributed by atoms with Gasteiger partial charge in [-0.15, -0.1) is 0 Å². The Balaban J connectivity index is 1.20. The Morgan fingerprint density at radius 1 is 1.14 bits per heavy atom. The van der Waals surface area contributed by atoms with Crippen molar-refractivity contribution in [3.63, 3.8) is 0 Å². The van der Waals surface area contributed by atoms with E-state index in [4.69, 9.17) is 14.2 Å². The third-order valence-corrected chi connectivity index (χ3v) is 5.27. The number of ether oxygens (including phenoxy) is 3. The predicted octanol–water partition coefficient (Wildman–Crippen LogP) is 2.36. The van der Waals surface area contributed by atoms with E-state index in [1.807, 2.05) is 24.3 Å². The number of aromatic amines is 1. The van der Waals surface area contributed by atoms with Crippen LogP contribution in [-0.2, 0) is 9.47 Å². The van der Waals surface area contributed by atoms with Crippen LogP contribution >= 0.6 is 0 Å². The van der Waals surface area contributed by atoms with Crippen LogP contribution in [0.5, 0.6) is 5.75 Å². The molecular weight excluding hydrogens is 370 g/mol. The molecule has 2 N–H and O–H groups in total. The van der Waals surface area contributed by atoms with E-state index < -0.39 is 0 Å². The number of unbranched alkanes of at least 4 members (excludes halogenated alkanes) is 1. The lowest BCUT2D eigenvalue weighted by atomic mass is 10.1. The highest BCUT2D eigenvalue weighted by Crippen LogP contribution is 2.18. The Kier molecular flexibility index (Phi) is 8.95. The zero-order valence-electron chi connectivity index (χ0n) is 17.3. The van der Waals surface area contributed by atoms with Gasteiger partial charge in [0, 0.05) is 50.3 Å². The Bertz CT molecular complexity index is 787. The van der Waals surface area contributed by atoms with Crippen molar-refractivity contribution in [2.75, 3.05) is 53.2 Å². The summed E-state index contributed by atoms with van der Waals surface area (Å²) in [4.78, 5) is 16.6. The summed E-state index contributed by atoms with van der Waals surface area (Å²) in [7, 11) is 1.67. The van der Waals surface area contributed by atoms with Crippen LogP contribution in [0.3, 0.4) is 0 Å². The monoisotopic (exact) mass is 403 g/mol. The Morgan fingerprint density at radius 3 is 2.83 bits per heavy atom. The molecule has 1 aliphatic heterocycles. The van der Waals surface area contributed by atoms with E-state index in [0.717, 1.165) is 75.1 Å². The first kappa shape index (κ1) is 21.8. The van der Waals surface area contributed by atoms with Crippen LogP contribution in [0.15, 0.2) is 35.1 Å². The Morgan fingerprint density at radius 2 is 2.00 bits per heavy atom. The Hall–Kier alpha value is -1.93. The molecule has 2 aromatic rings. The summed E-state index contributed by atoms with van der Waals surface area (Å²) in [5.74, 6) is 0.843. The van der Waals surface area contributed by atoms with E-state index in [1.54, 1.807) is 7.11 Å². The van der Waals surface area contributed by atoms with Crippen molar-refractivity contribution in [2.45, 2.75) is 31.8 Å². The molecule has 1 saturated heterocycles. The van der Waals surface area contributed by atoms with Gasteiger partial charge in [-0.1, -0.05) is 0 Å². The highest BCUT2D eigenvalue weighted by Gasteiger charge is 2.18. The lowest BCUT2D eigenvalue weighted by Crippen LogP contribution is -2.40. The van der Waals surface area contributed by atoms with Gasteiger partial charge in [0.05, 0.1) is 12.7 Å². The quantitative estimate of drug-likeness (QED) is 0.419. The molecule has 0 unspecified atom stereocenters. The van der Waals surface area contributed by atoms with Crippen molar-refractivity contribution in [2.24, 2.45) is 0 Å². The smallest absolute Gasteiger partial charge is 0.248 e. The fraction of sp³-hybridized carbons (Fsp3) is 0.591. The van der Waals surface area contributed by atoms with Gasteiger partial charge in [0.25, 0.3) is 0 Å². The van der Waals surface area contributed by atoms with Crippen molar-refractivity contribution in [1.29, 1.82) is 0 Å². The van der Waals surface area contributed by atoms with Crippen LogP contribution in [-0.4, -0.2) is 69.2 Å². The number of pyridine rings is 1. The summed E-state index contributed by atoms with van der Waals surface area (Å²) in [6.07, 6.45) is 4.63. The molecule has 29 heavy (non-hydrogen) atoms. The van der Waals surface area contributed by atoms with Gasteiger partial charge in [0.1, 0.15) is 12.5 Å². The number of H-pyrrole nitrogens is 1. The van der Waals surface area contributed by atoms with E-state index in [-0.39, 0.29) is 5.56 Å². The second-order valence-corrected chi connectivity index (χ2v) is 7.49. The number of nitrogens with one attached hydrogen (secondary N) is 2. The van der Waals surface area contributed by atoms with Crippen LogP contribution in [0, 0.1) is 0 Å². The van der Waals surface area contributed by atoms with Gasteiger partial charge >= 0.3 is 0 Å². The number of fused-ring (bicyclic) bond motifs is 1. The topological polar surface area (TPSA) is 75.8 Å². The molecule has 7 nitrogen and oxygen atoms in total. The number of benzene rings is 1. The maximum absolute atomic E-state index is 11.3. The molecule has 2 heterocycles. The maximum atomic E-state index is 11.3. The highest BCUT2D eigenvalue weighted by molar-refractivity contribution is 5.79. The van der Waals surface area contributed by atoms with Gasteiger partial charge in [0.15, 0.2) is 0 Å². The number of likely N-dealkylation sites (tertiary alicyclic amines) is 1. The Labute approximate surface area is 172 Å². The van der Waals surface area contributed by atoms with Gasteiger partial charge in [-0.2, -0.15) is 0 Å². The van der Waals surface area contributed by atoms with E-state index in [1.165, 1.54) is 6.07 Å². The standard InChI is InChI=1S/C22H33N3O4/c1-27-17-29-19-8-12-25(13-9-19)14-11-23-10-2-3-15-28-20-5-6-21-18(16-20)4-7-22(26)24-21/h4-7,16,19,23H,2-3,8-15,17H2,1H3,(H,24,26). The molecule has 0 saturated carbocycles. The second kappa shape index (κ2) is 11.9. The number of rotatable bonds is 12. The molecule has 1 fully saturated rings. The molecule has 1 aliphatic rings. The number of nitrogens with zero attached hydrogens (tertiary/aromatic N) is 1. The number of methoxy groups -OCH3 is 1. The maximum Gasteiger partial charge on any atom is 0.248 e. The van der Waals surface area contributed by atoms with E-state index in [2.05, 4.69) is 15.2 Å². The summed E-state index contributed by atoms with van der Waals surface area (Å²) in [5.41, 5.74) is 0.750. The molecule has 7 heteroatoms. The SMILES string of the molecule is COCOC1CCN(CCNCCCCOc2ccc3[nH]c(=O)ccc3c2)CC1. The third kappa shape index (κ3) is 7.44. The third-order valence-electron chi connectivity index (χ3n) is 5.27. The second-order valence-electron chi connectivity index (χ2n) is 7.49. The minimum absolute atomic E-state index is 0.0840.